The highest BCUT2D eigenvalue weighted by atomic mass is 16.6. The first kappa shape index (κ1) is 17.7. The standard InChI is InChI=1S/C21H23N3O2/c1-15-10-12-16(13-11-15)24(19-14-18(22-23-19)21(2,3)4)20(25)26-17-8-6-5-7-9-17/h5-14H,1-4H3,(H,22,23). The maximum absolute atomic E-state index is 12.9. The van der Waals surface area contributed by atoms with E-state index in [4.69, 9.17) is 4.74 Å². The lowest BCUT2D eigenvalue weighted by Crippen LogP contribution is -2.29. The third kappa shape index (κ3) is 3.94. The molecule has 3 rings (SSSR count). The molecule has 2 aromatic carbocycles. The van der Waals surface area contributed by atoms with Gasteiger partial charge in [0, 0.05) is 11.5 Å². The lowest BCUT2D eigenvalue weighted by atomic mass is 9.92. The SMILES string of the molecule is Cc1ccc(N(C(=O)Oc2ccccc2)c2cc(C(C)(C)C)n[nH]2)cc1. The number of aromatic nitrogens is 2. The molecule has 1 aromatic heterocycles. The van der Waals surface area contributed by atoms with Crippen molar-refractivity contribution in [2.75, 3.05) is 4.90 Å². The highest BCUT2D eigenvalue weighted by Gasteiger charge is 2.25. The van der Waals surface area contributed by atoms with Crippen LogP contribution in [0.5, 0.6) is 5.75 Å². The van der Waals surface area contributed by atoms with E-state index >= 15 is 0 Å². The number of ether oxygens (including phenoxy) is 1. The zero-order chi connectivity index (χ0) is 18.7. The minimum atomic E-state index is -0.496. The fourth-order valence-corrected chi connectivity index (χ4v) is 2.48. The molecule has 3 aromatic rings. The van der Waals surface area contributed by atoms with E-state index in [1.54, 1.807) is 12.1 Å². The van der Waals surface area contributed by atoms with Crippen molar-refractivity contribution in [1.82, 2.24) is 10.2 Å². The second kappa shape index (κ2) is 7.04. The lowest BCUT2D eigenvalue weighted by Gasteiger charge is -2.20. The van der Waals surface area contributed by atoms with Crippen LogP contribution >= 0.6 is 0 Å². The van der Waals surface area contributed by atoms with E-state index in [1.807, 2.05) is 55.5 Å². The Bertz CT molecular complexity index is 878. The molecule has 0 aliphatic carbocycles. The van der Waals surface area contributed by atoms with Crippen molar-refractivity contribution < 1.29 is 9.53 Å². The molecule has 0 fully saturated rings. The first-order chi connectivity index (χ1) is 12.3. The zero-order valence-electron chi connectivity index (χ0n) is 15.5. The second-order valence-electron chi connectivity index (χ2n) is 7.24. The summed E-state index contributed by atoms with van der Waals surface area (Å²) < 4.78 is 5.55. The van der Waals surface area contributed by atoms with Crippen LogP contribution in [-0.2, 0) is 5.41 Å². The van der Waals surface area contributed by atoms with E-state index in [0.29, 0.717) is 17.3 Å². The number of nitrogens with one attached hydrogen (secondary N) is 1. The molecule has 0 saturated carbocycles. The minimum Gasteiger partial charge on any atom is -0.410 e. The highest BCUT2D eigenvalue weighted by Crippen LogP contribution is 2.29. The van der Waals surface area contributed by atoms with Crippen LogP contribution in [0.1, 0.15) is 32.0 Å². The highest BCUT2D eigenvalue weighted by molar-refractivity contribution is 5.96. The molecule has 1 N–H and O–H groups in total. The van der Waals surface area contributed by atoms with Gasteiger partial charge in [0.15, 0.2) is 0 Å². The molecule has 0 aliphatic rings. The van der Waals surface area contributed by atoms with Gasteiger partial charge in [-0.05, 0) is 31.2 Å². The molecule has 0 saturated heterocycles. The predicted molar refractivity (Wildman–Crippen MR) is 103 cm³/mol. The molecule has 0 atom stereocenters. The first-order valence-corrected chi connectivity index (χ1v) is 8.54. The molecule has 0 aliphatic heterocycles. The number of anilines is 2. The summed E-state index contributed by atoms with van der Waals surface area (Å²) in [6.45, 7) is 8.23. The van der Waals surface area contributed by atoms with Crippen LogP contribution in [0, 0.1) is 6.92 Å². The number of amides is 1. The van der Waals surface area contributed by atoms with E-state index in [2.05, 4.69) is 31.0 Å². The Labute approximate surface area is 153 Å². The summed E-state index contributed by atoms with van der Waals surface area (Å²) in [4.78, 5) is 14.4. The Balaban J connectivity index is 1.97. The third-order valence-corrected chi connectivity index (χ3v) is 4.00. The van der Waals surface area contributed by atoms with Gasteiger partial charge < -0.3 is 4.74 Å². The number of rotatable bonds is 3. The van der Waals surface area contributed by atoms with Crippen molar-refractivity contribution in [3.63, 3.8) is 0 Å². The topological polar surface area (TPSA) is 58.2 Å². The van der Waals surface area contributed by atoms with Gasteiger partial charge in [-0.1, -0.05) is 56.7 Å². The summed E-state index contributed by atoms with van der Waals surface area (Å²) in [6, 6.07) is 18.6. The maximum atomic E-state index is 12.9. The molecular weight excluding hydrogens is 326 g/mol. The molecule has 1 heterocycles. The Kier molecular flexibility index (Phi) is 4.80. The first-order valence-electron chi connectivity index (χ1n) is 8.54. The van der Waals surface area contributed by atoms with Gasteiger partial charge in [0.2, 0.25) is 0 Å². The summed E-state index contributed by atoms with van der Waals surface area (Å²) in [5, 5.41) is 7.33. The third-order valence-electron chi connectivity index (χ3n) is 4.00. The number of carbonyl (C=O) groups is 1. The smallest absolute Gasteiger partial charge is 0.410 e. The van der Waals surface area contributed by atoms with Gasteiger partial charge in [0.05, 0.1) is 11.4 Å². The molecule has 5 heteroatoms. The van der Waals surface area contributed by atoms with Gasteiger partial charge in [-0.25, -0.2) is 9.69 Å². The zero-order valence-corrected chi connectivity index (χ0v) is 15.5. The fourth-order valence-electron chi connectivity index (χ4n) is 2.48. The minimum absolute atomic E-state index is 0.128. The number of aryl methyl sites for hydroxylation is 1. The Morgan fingerprint density at radius 1 is 1.04 bits per heavy atom. The molecule has 1 amide bonds. The Morgan fingerprint density at radius 3 is 2.27 bits per heavy atom. The Morgan fingerprint density at radius 2 is 1.69 bits per heavy atom. The van der Waals surface area contributed by atoms with Crippen LogP contribution in [0.25, 0.3) is 0 Å². The van der Waals surface area contributed by atoms with E-state index in [0.717, 1.165) is 11.3 Å². The van der Waals surface area contributed by atoms with Crippen molar-refractivity contribution in [3.05, 3.63) is 71.9 Å². The average Bonchev–Trinajstić information content (AvgIpc) is 3.08. The summed E-state index contributed by atoms with van der Waals surface area (Å²) >= 11 is 0. The van der Waals surface area contributed by atoms with Crippen molar-refractivity contribution in [1.29, 1.82) is 0 Å². The van der Waals surface area contributed by atoms with Crippen molar-refractivity contribution in [3.8, 4) is 5.75 Å². The van der Waals surface area contributed by atoms with Crippen LogP contribution in [0.2, 0.25) is 0 Å². The van der Waals surface area contributed by atoms with E-state index in [1.165, 1.54) is 4.90 Å². The summed E-state index contributed by atoms with van der Waals surface area (Å²) in [5.74, 6) is 1.06. The number of benzene rings is 2. The van der Waals surface area contributed by atoms with E-state index in [9.17, 15) is 4.79 Å². The van der Waals surface area contributed by atoms with Gasteiger partial charge >= 0.3 is 6.09 Å². The monoisotopic (exact) mass is 349 g/mol. The average molecular weight is 349 g/mol. The van der Waals surface area contributed by atoms with Crippen LogP contribution in [0.15, 0.2) is 60.7 Å². The number of aromatic amines is 1. The van der Waals surface area contributed by atoms with Gasteiger partial charge in [-0.2, -0.15) is 5.10 Å². The van der Waals surface area contributed by atoms with Crippen LogP contribution in [0.3, 0.4) is 0 Å². The summed E-state index contributed by atoms with van der Waals surface area (Å²) in [5.41, 5.74) is 2.57. The largest absolute Gasteiger partial charge is 0.425 e. The number of para-hydroxylation sites is 1. The summed E-state index contributed by atoms with van der Waals surface area (Å²) in [6.07, 6.45) is -0.496. The molecular formula is C21H23N3O2. The molecule has 0 unspecified atom stereocenters. The number of carbonyl (C=O) groups excluding carboxylic acids is 1. The van der Waals surface area contributed by atoms with E-state index in [-0.39, 0.29) is 5.41 Å². The van der Waals surface area contributed by atoms with Crippen molar-refractivity contribution >= 4 is 17.6 Å². The molecule has 0 radical (unpaired) electrons. The Hall–Kier alpha value is -3.08. The summed E-state index contributed by atoms with van der Waals surface area (Å²) in [7, 11) is 0. The van der Waals surface area contributed by atoms with Crippen molar-refractivity contribution in [2.24, 2.45) is 0 Å². The van der Waals surface area contributed by atoms with Crippen LogP contribution < -0.4 is 9.64 Å². The normalized spacial score (nSPS) is 11.2. The second-order valence-corrected chi connectivity index (χ2v) is 7.24. The molecule has 5 nitrogen and oxygen atoms in total. The number of nitrogens with zero attached hydrogens (tertiary/aromatic N) is 2. The van der Waals surface area contributed by atoms with Crippen LogP contribution in [-0.4, -0.2) is 16.3 Å². The molecule has 26 heavy (non-hydrogen) atoms. The quantitative estimate of drug-likeness (QED) is 0.693. The number of H-pyrrole nitrogens is 1. The van der Waals surface area contributed by atoms with Crippen LogP contribution in [0.4, 0.5) is 16.3 Å². The van der Waals surface area contributed by atoms with Gasteiger partial charge in [-0.15, -0.1) is 0 Å². The maximum Gasteiger partial charge on any atom is 0.425 e. The number of hydrogen-bond donors (Lipinski definition) is 1. The molecule has 0 bridgehead atoms. The predicted octanol–water partition coefficient (Wildman–Crippen LogP) is 5.35. The van der Waals surface area contributed by atoms with Gasteiger partial charge in [-0.3, -0.25) is 5.10 Å². The van der Waals surface area contributed by atoms with Gasteiger partial charge in [0.25, 0.3) is 0 Å². The molecule has 134 valence electrons. The van der Waals surface area contributed by atoms with E-state index < -0.39 is 6.09 Å². The van der Waals surface area contributed by atoms with Crippen molar-refractivity contribution in [2.45, 2.75) is 33.1 Å². The lowest BCUT2D eigenvalue weighted by molar-refractivity contribution is 0.210. The molecule has 0 spiro atoms. The number of hydrogen-bond acceptors (Lipinski definition) is 3. The fraction of sp³-hybridized carbons (Fsp3) is 0.238. The van der Waals surface area contributed by atoms with Gasteiger partial charge in [0.1, 0.15) is 11.6 Å².